The van der Waals surface area contributed by atoms with Crippen LogP contribution in [0.4, 0.5) is 5.69 Å². The van der Waals surface area contributed by atoms with Crippen molar-refractivity contribution in [3.63, 3.8) is 0 Å². The quantitative estimate of drug-likeness (QED) is 0.273. The maximum absolute atomic E-state index is 12.2. The van der Waals surface area contributed by atoms with Gasteiger partial charge in [-0.3, -0.25) is 4.79 Å². The van der Waals surface area contributed by atoms with Gasteiger partial charge >= 0.3 is 0 Å². The zero-order chi connectivity index (χ0) is 28.1. The van der Waals surface area contributed by atoms with Crippen molar-refractivity contribution in [1.29, 1.82) is 0 Å². The molecule has 5 rings (SSSR count). The Labute approximate surface area is 239 Å². The number of benzene rings is 3. The molecule has 1 aliphatic rings. The van der Waals surface area contributed by atoms with Gasteiger partial charge in [0.15, 0.2) is 11.4 Å². The second-order valence-electron chi connectivity index (χ2n) is 10.2. The van der Waals surface area contributed by atoms with Gasteiger partial charge in [0.2, 0.25) is 0 Å². The first-order valence-electron chi connectivity index (χ1n) is 13.5. The number of anilines is 1. The molecular weight excluding hydrogens is 524 g/mol. The fraction of sp³-hybridized carbons (Fsp3) is 0.281. The molecule has 0 radical (unpaired) electrons. The van der Waals surface area contributed by atoms with Gasteiger partial charge in [-0.1, -0.05) is 72.3 Å². The number of amides is 1. The molecule has 4 aromatic rings. The summed E-state index contributed by atoms with van der Waals surface area (Å²) in [6.45, 7) is 3.95. The van der Waals surface area contributed by atoms with Crippen LogP contribution in [0.5, 0.6) is 5.75 Å². The Hall–Kier alpha value is -3.94. The van der Waals surface area contributed by atoms with Crippen LogP contribution >= 0.6 is 11.6 Å². The first-order chi connectivity index (χ1) is 19.4. The summed E-state index contributed by atoms with van der Waals surface area (Å²) in [5.74, 6) is 0.748. The zero-order valence-electron chi connectivity index (χ0n) is 22.5. The monoisotopic (exact) mass is 556 g/mol. The SMILES string of the molecule is Cc1nc(CC2CCN(c3ccc(-c4ccc(CO)cc4)c(Cl)c3)CC2)nc(C(N)=O)c1OCc1ccccc1. The van der Waals surface area contributed by atoms with Crippen molar-refractivity contribution in [2.75, 3.05) is 18.0 Å². The zero-order valence-corrected chi connectivity index (χ0v) is 23.3. The van der Waals surface area contributed by atoms with Crippen LogP contribution in [-0.2, 0) is 19.6 Å². The van der Waals surface area contributed by atoms with E-state index in [2.05, 4.69) is 27.0 Å². The van der Waals surface area contributed by atoms with Crippen LogP contribution in [0.1, 0.15) is 46.0 Å². The Balaban J connectivity index is 1.22. The number of nitrogens with two attached hydrogens (primary N) is 1. The van der Waals surface area contributed by atoms with E-state index in [9.17, 15) is 9.90 Å². The van der Waals surface area contributed by atoms with E-state index in [1.165, 1.54) is 0 Å². The van der Waals surface area contributed by atoms with Crippen LogP contribution in [0.2, 0.25) is 5.02 Å². The van der Waals surface area contributed by atoms with Crippen LogP contribution in [0.3, 0.4) is 0 Å². The number of carbonyl (C=O) groups excluding carboxylic acids is 1. The largest absolute Gasteiger partial charge is 0.485 e. The minimum atomic E-state index is -0.616. The minimum Gasteiger partial charge on any atom is -0.485 e. The van der Waals surface area contributed by atoms with Gasteiger partial charge in [0.05, 0.1) is 17.3 Å². The van der Waals surface area contributed by atoms with Crippen molar-refractivity contribution in [3.05, 3.63) is 106 Å². The van der Waals surface area contributed by atoms with Gasteiger partial charge < -0.3 is 20.5 Å². The first-order valence-corrected chi connectivity index (χ1v) is 13.9. The topological polar surface area (TPSA) is 102 Å². The summed E-state index contributed by atoms with van der Waals surface area (Å²) in [5, 5.41) is 9.99. The molecule has 0 aliphatic carbocycles. The van der Waals surface area contributed by atoms with Crippen LogP contribution in [-0.4, -0.2) is 34.1 Å². The van der Waals surface area contributed by atoms with E-state index < -0.39 is 5.91 Å². The summed E-state index contributed by atoms with van der Waals surface area (Å²) >= 11 is 6.68. The lowest BCUT2D eigenvalue weighted by Gasteiger charge is -2.33. The Morgan fingerprint density at radius 1 is 1.02 bits per heavy atom. The van der Waals surface area contributed by atoms with Gasteiger partial charge in [-0.25, -0.2) is 9.97 Å². The van der Waals surface area contributed by atoms with Gasteiger partial charge in [0, 0.05) is 30.8 Å². The van der Waals surface area contributed by atoms with E-state index >= 15 is 0 Å². The molecule has 7 nitrogen and oxygen atoms in total. The third-order valence-corrected chi connectivity index (χ3v) is 7.70. The first kappa shape index (κ1) is 27.6. The lowest BCUT2D eigenvalue weighted by atomic mass is 9.92. The summed E-state index contributed by atoms with van der Waals surface area (Å²) < 4.78 is 5.93. The van der Waals surface area contributed by atoms with Gasteiger partial charge in [-0.15, -0.1) is 0 Å². The van der Waals surface area contributed by atoms with Gasteiger partial charge in [-0.05, 0) is 54.5 Å². The molecule has 1 fully saturated rings. The molecule has 3 aromatic carbocycles. The molecule has 0 unspecified atom stereocenters. The van der Waals surface area contributed by atoms with E-state index in [0.717, 1.165) is 53.9 Å². The molecule has 1 amide bonds. The fourth-order valence-electron chi connectivity index (χ4n) is 5.16. The summed E-state index contributed by atoms with van der Waals surface area (Å²) in [5.41, 5.74) is 11.4. The van der Waals surface area contributed by atoms with Crippen molar-refractivity contribution in [2.45, 2.75) is 39.4 Å². The third kappa shape index (κ3) is 6.43. The predicted molar refractivity (Wildman–Crippen MR) is 158 cm³/mol. The molecule has 8 heteroatoms. The molecule has 3 N–H and O–H groups in total. The lowest BCUT2D eigenvalue weighted by Crippen LogP contribution is -2.34. The third-order valence-electron chi connectivity index (χ3n) is 7.39. The number of halogens is 1. The summed E-state index contributed by atoms with van der Waals surface area (Å²) in [6.07, 6.45) is 2.63. The van der Waals surface area contributed by atoms with Crippen molar-refractivity contribution < 1.29 is 14.6 Å². The second-order valence-corrected chi connectivity index (χ2v) is 10.6. The average Bonchev–Trinajstić information content (AvgIpc) is 2.97. The Kier molecular flexibility index (Phi) is 8.63. The Morgan fingerprint density at radius 3 is 2.40 bits per heavy atom. The number of hydrogen-bond donors (Lipinski definition) is 2. The molecule has 1 saturated heterocycles. The molecule has 0 saturated carbocycles. The Bertz CT molecular complexity index is 1470. The molecule has 0 spiro atoms. The van der Waals surface area contributed by atoms with E-state index in [1.54, 1.807) is 0 Å². The average molecular weight is 557 g/mol. The summed E-state index contributed by atoms with van der Waals surface area (Å²) in [7, 11) is 0. The number of primary amides is 1. The molecule has 2 heterocycles. The highest BCUT2D eigenvalue weighted by molar-refractivity contribution is 6.33. The number of nitrogens with zero attached hydrogens (tertiary/aromatic N) is 3. The molecule has 1 aromatic heterocycles. The number of rotatable bonds is 9. The molecule has 206 valence electrons. The fourth-order valence-corrected chi connectivity index (χ4v) is 5.44. The van der Waals surface area contributed by atoms with Crippen molar-refractivity contribution >= 4 is 23.2 Å². The van der Waals surface area contributed by atoms with E-state index in [4.69, 9.17) is 22.1 Å². The number of ether oxygens (including phenoxy) is 1. The second kappa shape index (κ2) is 12.5. The normalized spacial score (nSPS) is 13.8. The van der Waals surface area contributed by atoms with Crippen LogP contribution in [0, 0.1) is 12.8 Å². The Morgan fingerprint density at radius 2 is 1.75 bits per heavy atom. The molecule has 40 heavy (non-hydrogen) atoms. The molecular formula is C32H33ClN4O3. The lowest BCUT2D eigenvalue weighted by molar-refractivity contribution is 0.0989. The summed E-state index contributed by atoms with van der Waals surface area (Å²) in [6, 6.07) is 23.7. The van der Waals surface area contributed by atoms with E-state index in [1.807, 2.05) is 67.6 Å². The van der Waals surface area contributed by atoms with Crippen LogP contribution < -0.4 is 15.4 Å². The molecule has 1 aliphatic heterocycles. The van der Waals surface area contributed by atoms with E-state index in [0.29, 0.717) is 41.2 Å². The highest BCUT2D eigenvalue weighted by atomic mass is 35.5. The maximum atomic E-state index is 12.2. The number of hydrogen-bond acceptors (Lipinski definition) is 6. The van der Waals surface area contributed by atoms with Crippen molar-refractivity contribution in [1.82, 2.24) is 9.97 Å². The van der Waals surface area contributed by atoms with E-state index in [-0.39, 0.29) is 12.3 Å². The van der Waals surface area contributed by atoms with Crippen molar-refractivity contribution in [2.24, 2.45) is 11.7 Å². The number of aryl methyl sites for hydroxylation is 1. The predicted octanol–water partition coefficient (Wildman–Crippen LogP) is 5.73. The minimum absolute atomic E-state index is 0.0232. The highest BCUT2D eigenvalue weighted by Crippen LogP contribution is 2.34. The highest BCUT2D eigenvalue weighted by Gasteiger charge is 2.24. The standard InChI is InChI=1S/C32H33ClN4O3/c1-21-31(40-20-24-5-3-2-4-6-24)30(32(34)39)36-29(35-21)17-22-13-15-37(16-14-22)26-11-12-27(28(33)18-26)25-9-7-23(19-38)8-10-25/h2-12,18,22,38H,13-17,19-20H2,1H3,(H2,34,39). The van der Waals surface area contributed by atoms with Gasteiger partial charge in [0.25, 0.3) is 5.91 Å². The number of aliphatic hydroxyl groups is 1. The number of carbonyl (C=O) groups is 1. The van der Waals surface area contributed by atoms with Gasteiger partial charge in [0.1, 0.15) is 12.4 Å². The smallest absolute Gasteiger partial charge is 0.271 e. The van der Waals surface area contributed by atoms with Crippen LogP contribution in [0.15, 0.2) is 72.8 Å². The van der Waals surface area contributed by atoms with Crippen molar-refractivity contribution in [3.8, 4) is 16.9 Å². The molecule has 0 bridgehead atoms. The van der Waals surface area contributed by atoms with Crippen LogP contribution in [0.25, 0.3) is 11.1 Å². The number of aromatic nitrogens is 2. The van der Waals surface area contributed by atoms with Gasteiger partial charge in [-0.2, -0.15) is 0 Å². The number of piperidine rings is 1. The summed E-state index contributed by atoms with van der Waals surface area (Å²) in [4.78, 5) is 23.8. The number of aliphatic hydroxyl groups excluding tert-OH is 1. The maximum Gasteiger partial charge on any atom is 0.271 e. The molecule has 0 atom stereocenters.